The summed E-state index contributed by atoms with van der Waals surface area (Å²) in [6.07, 6.45) is 1.14. The maximum atomic E-state index is 13.0. The van der Waals surface area contributed by atoms with Gasteiger partial charge in [-0.15, -0.1) is 0 Å². The van der Waals surface area contributed by atoms with Crippen molar-refractivity contribution in [3.8, 4) is 17.2 Å². The fraction of sp³-hybridized carbons (Fsp3) is 0.333. The second-order valence-corrected chi connectivity index (χ2v) is 7.56. The SMILES string of the molecule is CCCN1C(=O)C(=O)/C(=C(\O)c2ccc3c(c2)OCO3)C1c1cccc(OCCCO)c1. The van der Waals surface area contributed by atoms with E-state index >= 15 is 0 Å². The van der Waals surface area contributed by atoms with E-state index in [1.54, 1.807) is 42.5 Å². The van der Waals surface area contributed by atoms with E-state index in [-0.39, 0.29) is 24.7 Å². The molecule has 1 atom stereocenters. The first kappa shape index (κ1) is 21.7. The topological polar surface area (TPSA) is 106 Å². The van der Waals surface area contributed by atoms with Crippen LogP contribution in [0.1, 0.15) is 36.9 Å². The number of ketones is 1. The Morgan fingerprint density at radius 1 is 1.16 bits per heavy atom. The van der Waals surface area contributed by atoms with Crippen molar-refractivity contribution in [3.05, 3.63) is 59.2 Å². The van der Waals surface area contributed by atoms with Crippen LogP contribution in [0.4, 0.5) is 0 Å². The van der Waals surface area contributed by atoms with E-state index in [0.717, 1.165) is 0 Å². The third-order valence-electron chi connectivity index (χ3n) is 5.40. The normalized spacial score (nSPS) is 18.9. The minimum Gasteiger partial charge on any atom is -0.507 e. The van der Waals surface area contributed by atoms with Gasteiger partial charge in [0.1, 0.15) is 11.5 Å². The Labute approximate surface area is 185 Å². The maximum absolute atomic E-state index is 13.0. The minimum atomic E-state index is -0.748. The molecule has 2 aliphatic rings. The molecule has 2 N–H and O–H groups in total. The molecule has 168 valence electrons. The van der Waals surface area contributed by atoms with Gasteiger partial charge in [-0.1, -0.05) is 19.1 Å². The molecule has 1 amide bonds. The number of carbonyl (C=O) groups is 2. The summed E-state index contributed by atoms with van der Waals surface area (Å²) in [7, 11) is 0. The zero-order valence-corrected chi connectivity index (χ0v) is 17.7. The second-order valence-electron chi connectivity index (χ2n) is 7.56. The highest BCUT2D eigenvalue weighted by molar-refractivity contribution is 6.46. The first-order valence-corrected chi connectivity index (χ1v) is 10.6. The van der Waals surface area contributed by atoms with Gasteiger partial charge in [0.2, 0.25) is 6.79 Å². The van der Waals surface area contributed by atoms with Crippen LogP contribution in [0.3, 0.4) is 0 Å². The summed E-state index contributed by atoms with van der Waals surface area (Å²) in [6, 6.07) is 11.2. The number of likely N-dealkylation sites (tertiary alicyclic amines) is 1. The predicted molar refractivity (Wildman–Crippen MR) is 116 cm³/mol. The number of benzene rings is 2. The van der Waals surface area contributed by atoms with Crippen LogP contribution >= 0.6 is 0 Å². The van der Waals surface area contributed by atoms with Gasteiger partial charge >= 0.3 is 0 Å². The lowest BCUT2D eigenvalue weighted by Crippen LogP contribution is -2.30. The molecule has 1 saturated heterocycles. The number of hydrogen-bond acceptors (Lipinski definition) is 7. The van der Waals surface area contributed by atoms with Gasteiger partial charge < -0.3 is 29.3 Å². The van der Waals surface area contributed by atoms with Crippen LogP contribution in [0, 0.1) is 0 Å². The summed E-state index contributed by atoms with van der Waals surface area (Å²) >= 11 is 0. The summed E-state index contributed by atoms with van der Waals surface area (Å²) in [5, 5.41) is 20.1. The number of amides is 1. The number of aliphatic hydroxyl groups excluding tert-OH is 2. The first-order valence-electron chi connectivity index (χ1n) is 10.6. The van der Waals surface area contributed by atoms with Crippen LogP contribution < -0.4 is 14.2 Å². The number of carbonyl (C=O) groups excluding carboxylic acids is 2. The van der Waals surface area contributed by atoms with Crippen LogP contribution in [-0.2, 0) is 9.59 Å². The molecule has 2 aromatic carbocycles. The Morgan fingerprint density at radius 3 is 2.75 bits per heavy atom. The number of aliphatic hydroxyl groups is 2. The molecule has 2 aliphatic heterocycles. The molecule has 0 aliphatic carbocycles. The zero-order valence-electron chi connectivity index (χ0n) is 17.7. The fourth-order valence-corrected chi connectivity index (χ4v) is 3.93. The second kappa shape index (κ2) is 9.32. The van der Waals surface area contributed by atoms with Crippen LogP contribution in [0.25, 0.3) is 5.76 Å². The molecule has 32 heavy (non-hydrogen) atoms. The molecule has 0 spiro atoms. The van der Waals surface area contributed by atoms with E-state index in [1.807, 2.05) is 6.92 Å². The van der Waals surface area contributed by atoms with Crippen LogP contribution in [0.2, 0.25) is 0 Å². The third kappa shape index (κ3) is 4.01. The smallest absolute Gasteiger partial charge is 0.295 e. The molecule has 8 nitrogen and oxygen atoms in total. The lowest BCUT2D eigenvalue weighted by atomic mass is 9.95. The number of ether oxygens (including phenoxy) is 3. The van der Waals surface area contributed by atoms with Crippen molar-refractivity contribution in [3.63, 3.8) is 0 Å². The summed E-state index contributed by atoms with van der Waals surface area (Å²) in [5.41, 5.74) is 1.04. The van der Waals surface area contributed by atoms with Gasteiger partial charge in [0.15, 0.2) is 11.5 Å². The van der Waals surface area contributed by atoms with Crippen molar-refractivity contribution in [2.24, 2.45) is 0 Å². The Bertz CT molecular complexity index is 1060. The van der Waals surface area contributed by atoms with Crippen molar-refractivity contribution in [2.45, 2.75) is 25.8 Å². The summed E-state index contributed by atoms with van der Waals surface area (Å²) in [6.45, 7) is 2.73. The maximum Gasteiger partial charge on any atom is 0.295 e. The van der Waals surface area contributed by atoms with E-state index in [2.05, 4.69) is 0 Å². The van der Waals surface area contributed by atoms with Crippen molar-refractivity contribution in [1.29, 1.82) is 0 Å². The van der Waals surface area contributed by atoms with E-state index < -0.39 is 17.7 Å². The summed E-state index contributed by atoms with van der Waals surface area (Å²) in [4.78, 5) is 27.3. The monoisotopic (exact) mass is 439 g/mol. The average molecular weight is 439 g/mol. The Morgan fingerprint density at radius 2 is 1.97 bits per heavy atom. The molecule has 0 saturated carbocycles. The summed E-state index contributed by atoms with van der Waals surface area (Å²) in [5.74, 6) is -0.0705. The number of rotatable bonds is 8. The van der Waals surface area contributed by atoms with Gasteiger partial charge in [0.25, 0.3) is 11.7 Å². The molecule has 0 radical (unpaired) electrons. The first-order chi connectivity index (χ1) is 15.5. The highest BCUT2D eigenvalue weighted by Crippen LogP contribution is 2.42. The molecular weight excluding hydrogens is 414 g/mol. The Hall–Kier alpha value is -3.52. The highest BCUT2D eigenvalue weighted by atomic mass is 16.7. The molecule has 2 heterocycles. The van der Waals surface area contributed by atoms with Crippen molar-refractivity contribution < 1.29 is 34.0 Å². The molecule has 4 rings (SSSR count). The fourth-order valence-electron chi connectivity index (χ4n) is 3.93. The number of nitrogens with zero attached hydrogens (tertiary/aromatic N) is 1. The predicted octanol–water partition coefficient (Wildman–Crippen LogP) is 3.01. The Balaban J connectivity index is 1.78. The largest absolute Gasteiger partial charge is 0.507 e. The van der Waals surface area contributed by atoms with Crippen molar-refractivity contribution >= 4 is 17.4 Å². The Kier molecular flexibility index (Phi) is 6.32. The van der Waals surface area contributed by atoms with Gasteiger partial charge in [-0.25, -0.2) is 0 Å². The molecule has 2 aromatic rings. The standard InChI is InChI=1S/C24H25NO7/c1-2-9-25-21(15-5-3-6-17(12-15)30-11-4-10-26)20(23(28)24(25)29)22(27)16-7-8-18-19(13-16)32-14-31-18/h3,5-8,12-13,21,26-27H,2,4,9-11,14H2,1H3/b22-20-. The highest BCUT2D eigenvalue weighted by Gasteiger charge is 2.45. The van der Waals surface area contributed by atoms with Crippen LogP contribution in [0.5, 0.6) is 17.2 Å². The molecule has 8 heteroatoms. The number of Topliss-reactive ketones (excluding diaryl/α,β-unsaturated/α-hetero) is 1. The molecule has 0 aromatic heterocycles. The van der Waals surface area contributed by atoms with E-state index in [1.165, 1.54) is 4.90 Å². The van der Waals surface area contributed by atoms with Crippen LogP contribution in [0.15, 0.2) is 48.0 Å². The lowest BCUT2D eigenvalue weighted by Gasteiger charge is -2.25. The molecular formula is C24H25NO7. The van der Waals surface area contributed by atoms with Gasteiger partial charge in [-0.05, 0) is 42.3 Å². The minimum absolute atomic E-state index is 0.0197. The quantitative estimate of drug-likeness (QED) is 0.282. The molecule has 0 bridgehead atoms. The van der Waals surface area contributed by atoms with Gasteiger partial charge in [0, 0.05) is 25.1 Å². The number of hydrogen-bond donors (Lipinski definition) is 2. The van der Waals surface area contributed by atoms with E-state index in [9.17, 15) is 14.7 Å². The molecule has 1 fully saturated rings. The average Bonchev–Trinajstić information content (AvgIpc) is 3.37. The van der Waals surface area contributed by atoms with Crippen molar-refractivity contribution in [1.82, 2.24) is 4.90 Å². The van der Waals surface area contributed by atoms with Gasteiger partial charge in [-0.3, -0.25) is 9.59 Å². The third-order valence-corrected chi connectivity index (χ3v) is 5.40. The lowest BCUT2D eigenvalue weighted by molar-refractivity contribution is -0.139. The van der Waals surface area contributed by atoms with Gasteiger partial charge in [0.05, 0.1) is 18.2 Å². The van der Waals surface area contributed by atoms with Crippen LogP contribution in [-0.4, -0.2) is 53.4 Å². The summed E-state index contributed by atoms with van der Waals surface area (Å²) < 4.78 is 16.4. The molecule has 1 unspecified atom stereocenters. The van der Waals surface area contributed by atoms with E-state index in [4.69, 9.17) is 19.3 Å². The zero-order chi connectivity index (χ0) is 22.7. The van der Waals surface area contributed by atoms with Gasteiger partial charge in [-0.2, -0.15) is 0 Å². The van der Waals surface area contributed by atoms with E-state index in [0.29, 0.717) is 54.4 Å². The van der Waals surface area contributed by atoms with Crippen molar-refractivity contribution in [2.75, 3.05) is 26.6 Å². The number of fused-ring (bicyclic) bond motifs is 1.